The number of hydrogen-bond acceptors (Lipinski definition) is 6. The minimum absolute atomic E-state index is 0.00433. The van der Waals surface area contributed by atoms with Crippen LogP contribution >= 0.6 is 0 Å². The molecular formula is C20H24N2O5. The molecule has 0 aliphatic carbocycles. The summed E-state index contributed by atoms with van der Waals surface area (Å²) in [6, 6.07) is 10.3. The van der Waals surface area contributed by atoms with Crippen molar-refractivity contribution in [3.05, 3.63) is 48.2 Å². The van der Waals surface area contributed by atoms with Gasteiger partial charge in [0.05, 0.1) is 25.6 Å². The first kappa shape index (κ1) is 20.4. The number of amides is 1. The Morgan fingerprint density at radius 1 is 1.00 bits per heavy atom. The van der Waals surface area contributed by atoms with Gasteiger partial charge in [-0.25, -0.2) is 4.98 Å². The maximum absolute atomic E-state index is 12.1. The molecule has 0 atom stereocenters. The van der Waals surface area contributed by atoms with Gasteiger partial charge in [0.2, 0.25) is 11.8 Å². The van der Waals surface area contributed by atoms with Crippen LogP contribution in [0.25, 0.3) is 0 Å². The lowest BCUT2D eigenvalue weighted by Crippen LogP contribution is -2.12. The Kier molecular flexibility index (Phi) is 8.25. The maximum atomic E-state index is 12.1. The van der Waals surface area contributed by atoms with Crippen LogP contribution in [0, 0.1) is 0 Å². The molecule has 0 aliphatic heterocycles. The van der Waals surface area contributed by atoms with Crippen LogP contribution in [0.2, 0.25) is 0 Å². The number of nitrogens with zero attached hydrogens (tertiary/aromatic N) is 1. The van der Waals surface area contributed by atoms with Gasteiger partial charge in [-0.3, -0.25) is 9.59 Å². The molecule has 27 heavy (non-hydrogen) atoms. The Morgan fingerprint density at radius 2 is 1.78 bits per heavy atom. The molecule has 1 N–H and O–H groups in total. The molecule has 0 spiro atoms. The van der Waals surface area contributed by atoms with Crippen molar-refractivity contribution in [3.8, 4) is 11.6 Å². The predicted molar refractivity (Wildman–Crippen MR) is 101 cm³/mol. The molecular weight excluding hydrogens is 348 g/mol. The zero-order chi connectivity index (χ0) is 19.5. The summed E-state index contributed by atoms with van der Waals surface area (Å²) >= 11 is 0. The van der Waals surface area contributed by atoms with Gasteiger partial charge in [0.15, 0.2) is 5.78 Å². The second-order valence-corrected chi connectivity index (χ2v) is 5.78. The molecule has 0 fully saturated rings. The van der Waals surface area contributed by atoms with Crippen molar-refractivity contribution in [1.82, 2.24) is 4.98 Å². The van der Waals surface area contributed by atoms with Crippen molar-refractivity contribution in [2.75, 3.05) is 32.8 Å². The number of methoxy groups -OCH3 is 2. The Hall–Kier alpha value is -2.93. The van der Waals surface area contributed by atoms with E-state index in [1.165, 1.54) is 6.20 Å². The van der Waals surface area contributed by atoms with Crippen LogP contribution in [-0.2, 0) is 9.53 Å². The first-order valence-corrected chi connectivity index (χ1v) is 8.67. The Bertz CT molecular complexity index is 729. The van der Waals surface area contributed by atoms with E-state index in [1.807, 2.05) is 0 Å². The largest absolute Gasteiger partial charge is 0.497 e. The summed E-state index contributed by atoms with van der Waals surface area (Å²) < 4.78 is 15.3. The van der Waals surface area contributed by atoms with Crippen LogP contribution < -0.4 is 14.8 Å². The summed E-state index contributed by atoms with van der Waals surface area (Å²) in [5.41, 5.74) is 1.20. The molecule has 0 aliphatic rings. The fourth-order valence-electron chi connectivity index (χ4n) is 2.32. The van der Waals surface area contributed by atoms with Gasteiger partial charge in [-0.15, -0.1) is 0 Å². The first-order valence-electron chi connectivity index (χ1n) is 8.67. The lowest BCUT2D eigenvalue weighted by molar-refractivity contribution is -0.116. The van der Waals surface area contributed by atoms with Gasteiger partial charge in [0.1, 0.15) is 12.4 Å². The molecule has 144 valence electrons. The van der Waals surface area contributed by atoms with E-state index in [2.05, 4.69) is 10.3 Å². The van der Waals surface area contributed by atoms with Crippen molar-refractivity contribution in [2.24, 2.45) is 0 Å². The lowest BCUT2D eigenvalue weighted by atomic mass is 10.1. The van der Waals surface area contributed by atoms with Crippen LogP contribution in [0.15, 0.2) is 42.6 Å². The molecule has 1 amide bonds. The summed E-state index contributed by atoms with van der Waals surface area (Å²) in [4.78, 5) is 28.2. The second kappa shape index (κ2) is 10.9. The standard InChI is InChI=1S/C20H24N2O5/c1-25-12-13-27-20-11-8-16(14-21-20)22-19(24)5-3-4-18(23)15-6-9-17(26-2)10-7-15/h6-11,14H,3-5,12-13H2,1-2H3,(H,22,24). The first-order chi connectivity index (χ1) is 13.1. The Morgan fingerprint density at radius 3 is 2.41 bits per heavy atom. The average Bonchev–Trinajstić information content (AvgIpc) is 2.69. The minimum Gasteiger partial charge on any atom is -0.497 e. The topological polar surface area (TPSA) is 86.8 Å². The van der Waals surface area contributed by atoms with E-state index in [0.29, 0.717) is 48.9 Å². The van der Waals surface area contributed by atoms with Crippen LogP contribution in [0.4, 0.5) is 5.69 Å². The molecule has 2 rings (SSSR count). The number of nitrogens with one attached hydrogen (secondary N) is 1. The van der Waals surface area contributed by atoms with Crippen molar-refractivity contribution in [2.45, 2.75) is 19.3 Å². The molecule has 7 heteroatoms. The van der Waals surface area contributed by atoms with Crippen LogP contribution in [0.1, 0.15) is 29.6 Å². The van der Waals surface area contributed by atoms with Gasteiger partial charge in [-0.1, -0.05) is 0 Å². The summed E-state index contributed by atoms with van der Waals surface area (Å²) in [7, 11) is 3.17. The van der Waals surface area contributed by atoms with Gasteiger partial charge < -0.3 is 19.5 Å². The summed E-state index contributed by atoms with van der Waals surface area (Å²) in [5, 5.41) is 2.76. The Balaban J connectivity index is 1.71. The number of ether oxygens (including phenoxy) is 3. The maximum Gasteiger partial charge on any atom is 0.224 e. The zero-order valence-corrected chi connectivity index (χ0v) is 15.6. The fraction of sp³-hybridized carbons (Fsp3) is 0.350. The van der Waals surface area contributed by atoms with Gasteiger partial charge in [-0.2, -0.15) is 0 Å². The van der Waals surface area contributed by atoms with E-state index in [-0.39, 0.29) is 18.1 Å². The molecule has 0 bridgehead atoms. The molecule has 1 aromatic heterocycles. The number of carbonyl (C=O) groups excluding carboxylic acids is 2. The fourth-order valence-corrected chi connectivity index (χ4v) is 2.32. The smallest absolute Gasteiger partial charge is 0.224 e. The van der Waals surface area contributed by atoms with Gasteiger partial charge in [0.25, 0.3) is 0 Å². The van der Waals surface area contributed by atoms with Crippen molar-refractivity contribution in [1.29, 1.82) is 0 Å². The summed E-state index contributed by atoms with van der Waals surface area (Å²) in [5.74, 6) is 1.02. The summed E-state index contributed by atoms with van der Waals surface area (Å²) in [6.07, 6.45) is 2.57. The van der Waals surface area contributed by atoms with Crippen molar-refractivity contribution < 1.29 is 23.8 Å². The normalized spacial score (nSPS) is 10.3. The highest BCUT2D eigenvalue weighted by Crippen LogP contribution is 2.15. The predicted octanol–water partition coefficient (Wildman–Crippen LogP) is 3.11. The number of carbonyl (C=O) groups is 2. The number of benzene rings is 1. The molecule has 0 radical (unpaired) electrons. The molecule has 1 heterocycles. The highest BCUT2D eigenvalue weighted by molar-refractivity contribution is 5.96. The van der Waals surface area contributed by atoms with E-state index < -0.39 is 0 Å². The van der Waals surface area contributed by atoms with E-state index in [9.17, 15) is 9.59 Å². The molecule has 1 aromatic carbocycles. The van der Waals surface area contributed by atoms with Crippen molar-refractivity contribution >= 4 is 17.4 Å². The number of Topliss-reactive ketones (excluding diaryl/α,β-unsaturated/α-hetero) is 1. The number of anilines is 1. The number of aromatic nitrogens is 1. The SMILES string of the molecule is COCCOc1ccc(NC(=O)CCCC(=O)c2ccc(OC)cc2)cn1. The molecule has 0 saturated heterocycles. The second-order valence-electron chi connectivity index (χ2n) is 5.78. The van der Waals surface area contributed by atoms with Crippen LogP contribution in [0.5, 0.6) is 11.6 Å². The van der Waals surface area contributed by atoms with Gasteiger partial charge in [0, 0.05) is 31.6 Å². The van der Waals surface area contributed by atoms with Crippen LogP contribution in [0.3, 0.4) is 0 Å². The van der Waals surface area contributed by atoms with E-state index in [0.717, 1.165) is 0 Å². The van der Waals surface area contributed by atoms with Gasteiger partial charge in [-0.05, 0) is 36.8 Å². The van der Waals surface area contributed by atoms with E-state index in [1.54, 1.807) is 50.6 Å². The monoisotopic (exact) mass is 372 g/mol. The third kappa shape index (κ3) is 7.07. The minimum atomic E-state index is -0.160. The number of pyridine rings is 1. The van der Waals surface area contributed by atoms with E-state index in [4.69, 9.17) is 14.2 Å². The molecule has 7 nitrogen and oxygen atoms in total. The number of ketones is 1. The molecule has 0 saturated carbocycles. The lowest BCUT2D eigenvalue weighted by Gasteiger charge is -2.07. The highest BCUT2D eigenvalue weighted by atomic mass is 16.5. The number of hydrogen-bond donors (Lipinski definition) is 1. The van der Waals surface area contributed by atoms with Crippen molar-refractivity contribution in [3.63, 3.8) is 0 Å². The third-order valence-electron chi connectivity index (χ3n) is 3.78. The third-order valence-corrected chi connectivity index (χ3v) is 3.78. The van der Waals surface area contributed by atoms with Crippen LogP contribution in [-0.4, -0.2) is 44.1 Å². The Labute approximate surface area is 158 Å². The zero-order valence-electron chi connectivity index (χ0n) is 15.6. The quantitative estimate of drug-likeness (QED) is 0.482. The molecule has 2 aromatic rings. The average molecular weight is 372 g/mol. The number of rotatable bonds is 11. The van der Waals surface area contributed by atoms with E-state index >= 15 is 0 Å². The van der Waals surface area contributed by atoms with Gasteiger partial charge >= 0.3 is 0 Å². The highest BCUT2D eigenvalue weighted by Gasteiger charge is 2.09. The molecule has 0 unspecified atom stereocenters. The summed E-state index contributed by atoms with van der Waals surface area (Å²) in [6.45, 7) is 0.896.